The fraction of sp³-hybridized carbons (Fsp3) is 0.308. The van der Waals surface area contributed by atoms with Crippen LogP contribution in [-0.2, 0) is 13.0 Å². The predicted molar refractivity (Wildman–Crippen MR) is 76.5 cm³/mol. The van der Waals surface area contributed by atoms with Gasteiger partial charge in [-0.25, -0.2) is 0 Å². The Labute approximate surface area is 123 Å². The summed E-state index contributed by atoms with van der Waals surface area (Å²) in [6.07, 6.45) is 2.52. The topological polar surface area (TPSA) is 81.9 Å². The van der Waals surface area contributed by atoms with Crippen LogP contribution in [0.1, 0.15) is 27.3 Å². The Morgan fingerprint density at radius 2 is 2.30 bits per heavy atom. The number of aromatic nitrogens is 3. The summed E-state index contributed by atoms with van der Waals surface area (Å²) in [6.45, 7) is 2.92. The lowest BCUT2D eigenvalue weighted by Gasteiger charge is -2.27. The van der Waals surface area contributed by atoms with Crippen molar-refractivity contribution < 1.29 is 4.79 Å². The number of aromatic amines is 2. The molecule has 0 aliphatic carbocycles. The molecule has 20 heavy (non-hydrogen) atoms. The highest BCUT2D eigenvalue weighted by molar-refractivity contribution is 9.10. The molecule has 0 aromatic carbocycles. The van der Waals surface area contributed by atoms with Crippen molar-refractivity contribution in [1.29, 1.82) is 0 Å². The molecule has 2 N–H and O–H groups in total. The molecule has 1 aliphatic rings. The second-order valence-corrected chi connectivity index (χ2v) is 5.69. The second-order valence-electron chi connectivity index (χ2n) is 4.84. The van der Waals surface area contributed by atoms with Crippen molar-refractivity contribution in [3.05, 3.63) is 49.6 Å². The largest absolute Gasteiger partial charge is 0.334 e. The fourth-order valence-corrected chi connectivity index (χ4v) is 2.71. The van der Waals surface area contributed by atoms with Gasteiger partial charge < -0.3 is 9.88 Å². The summed E-state index contributed by atoms with van der Waals surface area (Å²) in [5.41, 5.74) is 3.01. The molecule has 6 nitrogen and oxygen atoms in total. The third kappa shape index (κ3) is 2.18. The minimum absolute atomic E-state index is 0.0775. The van der Waals surface area contributed by atoms with E-state index in [1.807, 2.05) is 0 Å². The number of H-pyrrole nitrogens is 2. The van der Waals surface area contributed by atoms with E-state index in [1.165, 1.54) is 0 Å². The van der Waals surface area contributed by atoms with Gasteiger partial charge in [-0.3, -0.25) is 14.7 Å². The summed E-state index contributed by atoms with van der Waals surface area (Å²) in [4.78, 5) is 28.5. The molecule has 0 radical (unpaired) electrons. The molecule has 2 aromatic rings. The number of halogens is 1. The highest BCUT2D eigenvalue weighted by Crippen LogP contribution is 2.20. The average Bonchev–Trinajstić information content (AvgIpc) is 2.89. The number of pyridine rings is 1. The van der Waals surface area contributed by atoms with Crippen molar-refractivity contribution in [3.8, 4) is 0 Å². The van der Waals surface area contributed by atoms with Crippen LogP contribution in [0.2, 0.25) is 0 Å². The van der Waals surface area contributed by atoms with E-state index in [-0.39, 0.29) is 11.5 Å². The second kappa shape index (κ2) is 4.90. The molecule has 0 bridgehead atoms. The monoisotopic (exact) mass is 336 g/mol. The quantitative estimate of drug-likeness (QED) is 0.825. The molecule has 0 saturated carbocycles. The van der Waals surface area contributed by atoms with E-state index in [0.29, 0.717) is 28.8 Å². The third-order valence-electron chi connectivity index (χ3n) is 3.51. The molecule has 0 saturated heterocycles. The number of rotatable bonds is 1. The van der Waals surface area contributed by atoms with Gasteiger partial charge in [0.2, 0.25) is 0 Å². The van der Waals surface area contributed by atoms with Crippen LogP contribution in [0.5, 0.6) is 0 Å². The number of aryl methyl sites for hydroxylation is 1. The Kier molecular flexibility index (Phi) is 3.21. The van der Waals surface area contributed by atoms with Crippen molar-refractivity contribution in [3.63, 3.8) is 0 Å². The number of nitrogens with zero attached hydrogens (tertiary/aromatic N) is 2. The molecule has 0 unspecified atom stereocenters. The van der Waals surface area contributed by atoms with Crippen LogP contribution in [-0.4, -0.2) is 32.5 Å². The SMILES string of the molecule is Cc1[nH]c(=O)c(Br)cc1C(=O)N1CCc2[nH]ncc2C1. The Bertz CT molecular complexity index is 734. The first-order chi connectivity index (χ1) is 9.56. The zero-order chi connectivity index (χ0) is 14.3. The van der Waals surface area contributed by atoms with Crippen LogP contribution in [0.15, 0.2) is 21.5 Å². The number of fused-ring (bicyclic) bond motifs is 1. The normalized spacial score (nSPS) is 14.2. The first-order valence-corrected chi connectivity index (χ1v) is 7.05. The summed E-state index contributed by atoms with van der Waals surface area (Å²) >= 11 is 3.16. The van der Waals surface area contributed by atoms with Gasteiger partial charge in [0.25, 0.3) is 11.5 Å². The molecule has 2 aromatic heterocycles. The first kappa shape index (κ1) is 13.1. The van der Waals surface area contributed by atoms with Crippen molar-refractivity contribution >= 4 is 21.8 Å². The molecule has 1 aliphatic heterocycles. The zero-order valence-electron chi connectivity index (χ0n) is 10.9. The van der Waals surface area contributed by atoms with Gasteiger partial charge >= 0.3 is 0 Å². The van der Waals surface area contributed by atoms with E-state index in [4.69, 9.17) is 0 Å². The molecular weight excluding hydrogens is 324 g/mol. The van der Waals surface area contributed by atoms with Crippen LogP contribution in [0, 0.1) is 6.92 Å². The zero-order valence-corrected chi connectivity index (χ0v) is 12.5. The fourth-order valence-electron chi connectivity index (χ4n) is 2.39. The summed E-state index contributed by atoms with van der Waals surface area (Å²) in [6, 6.07) is 1.58. The van der Waals surface area contributed by atoms with Crippen molar-refractivity contribution in [1.82, 2.24) is 20.1 Å². The molecule has 0 spiro atoms. The Hall–Kier alpha value is -1.89. The highest BCUT2D eigenvalue weighted by Gasteiger charge is 2.24. The standard InChI is InChI=1S/C13H13BrN4O2/c1-7-9(4-10(14)12(19)16-7)13(20)18-3-2-11-8(6-18)5-15-17-11/h4-5H,2-3,6H2,1H3,(H,15,17)(H,16,19). The lowest BCUT2D eigenvalue weighted by Crippen LogP contribution is -2.36. The molecule has 1 amide bonds. The molecule has 7 heteroatoms. The lowest BCUT2D eigenvalue weighted by atomic mass is 10.1. The van der Waals surface area contributed by atoms with E-state index in [0.717, 1.165) is 17.7 Å². The third-order valence-corrected chi connectivity index (χ3v) is 4.10. The van der Waals surface area contributed by atoms with Gasteiger partial charge in [0.15, 0.2) is 0 Å². The van der Waals surface area contributed by atoms with Gasteiger partial charge in [0.1, 0.15) is 0 Å². The van der Waals surface area contributed by atoms with Gasteiger partial charge in [-0.2, -0.15) is 5.10 Å². The molecule has 104 valence electrons. The first-order valence-electron chi connectivity index (χ1n) is 6.26. The van der Waals surface area contributed by atoms with Crippen molar-refractivity contribution in [2.75, 3.05) is 6.54 Å². The van der Waals surface area contributed by atoms with E-state index < -0.39 is 0 Å². The summed E-state index contributed by atoms with van der Waals surface area (Å²) in [5.74, 6) is -0.0775. The van der Waals surface area contributed by atoms with Gasteiger partial charge in [-0.15, -0.1) is 0 Å². The van der Waals surface area contributed by atoms with Crippen LogP contribution < -0.4 is 5.56 Å². The number of carbonyl (C=O) groups is 1. The van der Waals surface area contributed by atoms with Gasteiger partial charge in [-0.05, 0) is 28.9 Å². The van der Waals surface area contributed by atoms with Gasteiger partial charge in [-0.1, -0.05) is 0 Å². The van der Waals surface area contributed by atoms with Crippen LogP contribution >= 0.6 is 15.9 Å². The molecular formula is C13H13BrN4O2. The average molecular weight is 337 g/mol. The predicted octanol–water partition coefficient (Wildman–Crippen LogP) is 1.37. The van der Waals surface area contributed by atoms with Gasteiger partial charge in [0.05, 0.1) is 16.2 Å². The van der Waals surface area contributed by atoms with Crippen LogP contribution in [0.25, 0.3) is 0 Å². The van der Waals surface area contributed by atoms with E-state index in [2.05, 4.69) is 31.1 Å². The maximum atomic E-state index is 12.6. The number of carbonyl (C=O) groups excluding carboxylic acids is 1. The minimum Gasteiger partial charge on any atom is -0.334 e. The van der Waals surface area contributed by atoms with Crippen LogP contribution in [0.4, 0.5) is 0 Å². The van der Waals surface area contributed by atoms with Crippen molar-refractivity contribution in [2.45, 2.75) is 19.9 Å². The molecule has 3 heterocycles. The molecule has 0 fully saturated rings. The maximum absolute atomic E-state index is 12.6. The molecule has 0 atom stereocenters. The van der Waals surface area contributed by atoms with Crippen LogP contribution in [0.3, 0.4) is 0 Å². The Balaban J connectivity index is 1.91. The lowest BCUT2D eigenvalue weighted by molar-refractivity contribution is 0.0733. The number of amides is 1. The summed E-state index contributed by atoms with van der Waals surface area (Å²) in [7, 11) is 0. The number of hydrogen-bond donors (Lipinski definition) is 2. The number of hydrogen-bond acceptors (Lipinski definition) is 3. The Morgan fingerprint density at radius 1 is 1.50 bits per heavy atom. The number of nitrogens with one attached hydrogen (secondary N) is 2. The summed E-state index contributed by atoms with van der Waals surface area (Å²) < 4.78 is 0.368. The Morgan fingerprint density at radius 3 is 3.10 bits per heavy atom. The van der Waals surface area contributed by atoms with Crippen molar-refractivity contribution in [2.24, 2.45) is 0 Å². The minimum atomic E-state index is -0.227. The van der Waals surface area contributed by atoms with E-state index in [1.54, 1.807) is 24.1 Å². The van der Waals surface area contributed by atoms with E-state index >= 15 is 0 Å². The molecule has 3 rings (SSSR count). The smallest absolute Gasteiger partial charge is 0.262 e. The van der Waals surface area contributed by atoms with E-state index in [9.17, 15) is 9.59 Å². The highest BCUT2D eigenvalue weighted by atomic mass is 79.9. The summed E-state index contributed by atoms with van der Waals surface area (Å²) in [5, 5.41) is 6.94. The van der Waals surface area contributed by atoms with Gasteiger partial charge in [0, 0.05) is 36.5 Å². The maximum Gasteiger partial charge on any atom is 0.262 e.